The molecule has 20 heavy (non-hydrogen) atoms. The van der Waals surface area contributed by atoms with Crippen molar-refractivity contribution < 1.29 is 27.8 Å². The highest BCUT2D eigenvalue weighted by Crippen LogP contribution is 2.36. The van der Waals surface area contributed by atoms with Crippen molar-refractivity contribution in [3.05, 3.63) is 41.0 Å². The number of ether oxygens (including phenoxy) is 1. The number of nitriles is 1. The fraction of sp³-hybridized carbons (Fsp3) is 0.231. The summed E-state index contributed by atoms with van der Waals surface area (Å²) in [6.07, 6.45) is -3.51. The van der Waals surface area contributed by atoms with E-state index < -0.39 is 23.5 Å². The van der Waals surface area contributed by atoms with E-state index in [4.69, 9.17) is 15.1 Å². The summed E-state index contributed by atoms with van der Waals surface area (Å²) >= 11 is 0. The number of aliphatic carboxylic acids is 1. The van der Waals surface area contributed by atoms with E-state index in [-0.39, 0.29) is 17.7 Å². The third kappa shape index (κ3) is 4.02. The molecule has 0 radical (unpaired) electrons. The quantitative estimate of drug-likeness (QED) is 0.863. The first-order chi connectivity index (χ1) is 9.25. The van der Waals surface area contributed by atoms with E-state index in [1.807, 2.05) is 0 Å². The van der Waals surface area contributed by atoms with Gasteiger partial charge in [0, 0.05) is 5.57 Å². The summed E-state index contributed by atoms with van der Waals surface area (Å²) in [6.45, 7) is 0.988. The van der Waals surface area contributed by atoms with Crippen LogP contribution in [0.5, 0.6) is 5.75 Å². The van der Waals surface area contributed by atoms with Gasteiger partial charge in [0.15, 0.2) is 0 Å². The molecule has 1 aromatic carbocycles. The zero-order valence-corrected chi connectivity index (χ0v) is 10.4. The largest absolute Gasteiger partial charge is 0.489 e. The van der Waals surface area contributed by atoms with Crippen LogP contribution < -0.4 is 4.74 Å². The minimum absolute atomic E-state index is 0.0350. The zero-order valence-electron chi connectivity index (χ0n) is 10.4. The maximum atomic E-state index is 12.8. The Balaban J connectivity index is 2.99. The van der Waals surface area contributed by atoms with E-state index in [9.17, 15) is 18.0 Å². The van der Waals surface area contributed by atoms with Crippen LogP contribution in [-0.4, -0.2) is 17.7 Å². The van der Waals surface area contributed by atoms with Gasteiger partial charge in [-0.2, -0.15) is 18.4 Å². The standard InChI is InChI=1S/C13H10F3NO3/c1-8(12(18)19)4-5-20-11-3-2-9(7-17)6-10(11)13(14,15)16/h2-4,6H,5H2,1H3,(H,18,19)/b8-4-. The summed E-state index contributed by atoms with van der Waals surface area (Å²) in [6, 6.07) is 4.52. The first-order valence-electron chi connectivity index (χ1n) is 5.40. The maximum Gasteiger partial charge on any atom is 0.420 e. The smallest absolute Gasteiger partial charge is 0.420 e. The Labute approximate surface area is 112 Å². The third-order valence-corrected chi connectivity index (χ3v) is 2.38. The van der Waals surface area contributed by atoms with Gasteiger partial charge in [-0.1, -0.05) is 0 Å². The van der Waals surface area contributed by atoms with Crippen molar-refractivity contribution in [3.63, 3.8) is 0 Å². The SMILES string of the molecule is C/C(=C/COc1ccc(C#N)cc1C(F)(F)F)C(=O)O. The van der Waals surface area contributed by atoms with Crippen molar-refractivity contribution in [2.75, 3.05) is 6.61 Å². The van der Waals surface area contributed by atoms with E-state index in [1.165, 1.54) is 13.0 Å². The first kappa shape index (κ1) is 15.6. The molecule has 4 nitrogen and oxygen atoms in total. The Morgan fingerprint density at radius 1 is 1.50 bits per heavy atom. The molecule has 7 heteroatoms. The number of nitrogens with zero attached hydrogens (tertiary/aromatic N) is 1. The van der Waals surface area contributed by atoms with Crippen molar-refractivity contribution >= 4 is 5.97 Å². The highest BCUT2D eigenvalue weighted by molar-refractivity contribution is 5.85. The molecule has 0 unspecified atom stereocenters. The topological polar surface area (TPSA) is 70.3 Å². The molecule has 0 saturated heterocycles. The van der Waals surface area contributed by atoms with Crippen LogP contribution in [0.2, 0.25) is 0 Å². The van der Waals surface area contributed by atoms with Crippen LogP contribution in [0, 0.1) is 11.3 Å². The Hall–Kier alpha value is -2.49. The van der Waals surface area contributed by atoms with Gasteiger partial charge in [0.2, 0.25) is 0 Å². The third-order valence-electron chi connectivity index (χ3n) is 2.38. The zero-order chi connectivity index (χ0) is 15.3. The molecule has 1 aromatic rings. The number of carboxylic acid groups (broad SMARTS) is 1. The molecule has 1 rings (SSSR count). The molecule has 0 bridgehead atoms. The number of rotatable bonds is 4. The molecule has 0 atom stereocenters. The lowest BCUT2D eigenvalue weighted by atomic mass is 10.1. The lowest BCUT2D eigenvalue weighted by Crippen LogP contribution is -2.10. The molecule has 0 aliphatic rings. The van der Waals surface area contributed by atoms with E-state index >= 15 is 0 Å². The molecule has 0 spiro atoms. The minimum atomic E-state index is -4.66. The van der Waals surface area contributed by atoms with Gasteiger partial charge >= 0.3 is 12.1 Å². The predicted octanol–water partition coefficient (Wildman–Crippen LogP) is 2.99. The van der Waals surface area contributed by atoms with Crippen molar-refractivity contribution in [2.45, 2.75) is 13.1 Å². The molecule has 0 aliphatic carbocycles. The average molecular weight is 285 g/mol. The fourth-order valence-corrected chi connectivity index (χ4v) is 1.29. The fourth-order valence-electron chi connectivity index (χ4n) is 1.29. The lowest BCUT2D eigenvalue weighted by Gasteiger charge is -2.13. The van der Waals surface area contributed by atoms with E-state index in [2.05, 4.69) is 0 Å². The number of hydrogen-bond donors (Lipinski definition) is 1. The monoisotopic (exact) mass is 285 g/mol. The molecule has 106 valence electrons. The van der Waals surface area contributed by atoms with E-state index in [0.717, 1.165) is 12.1 Å². The van der Waals surface area contributed by atoms with Gasteiger partial charge in [-0.25, -0.2) is 4.79 Å². The normalized spacial score (nSPS) is 11.8. The highest BCUT2D eigenvalue weighted by Gasteiger charge is 2.34. The number of alkyl halides is 3. The second kappa shape index (κ2) is 6.10. The van der Waals surface area contributed by atoms with Crippen LogP contribution in [0.25, 0.3) is 0 Å². The summed E-state index contributed by atoms with van der Waals surface area (Å²) in [5.74, 6) is -1.63. The Kier molecular flexibility index (Phi) is 4.75. The molecule has 0 amide bonds. The number of benzene rings is 1. The molecule has 0 aliphatic heterocycles. The summed E-state index contributed by atoms with van der Waals surface area (Å²) < 4.78 is 43.3. The second-order valence-electron chi connectivity index (χ2n) is 3.82. The van der Waals surface area contributed by atoms with Crippen LogP contribution in [0.4, 0.5) is 13.2 Å². The predicted molar refractivity (Wildman–Crippen MR) is 63.0 cm³/mol. The van der Waals surface area contributed by atoms with Gasteiger partial charge in [0.25, 0.3) is 0 Å². The molecular formula is C13H10F3NO3. The summed E-state index contributed by atoms with van der Waals surface area (Å²) in [4.78, 5) is 10.5. The minimum Gasteiger partial charge on any atom is -0.489 e. The van der Waals surface area contributed by atoms with Crippen molar-refractivity contribution in [2.24, 2.45) is 0 Å². The lowest BCUT2D eigenvalue weighted by molar-refractivity contribution is -0.139. The molecule has 0 saturated carbocycles. The number of carbonyl (C=O) groups is 1. The number of hydrogen-bond acceptors (Lipinski definition) is 3. The summed E-state index contributed by atoms with van der Waals surface area (Å²) in [5, 5.41) is 17.2. The van der Waals surface area contributed by atoms with Gasteiger partial charge in [-0.05, 0) is 31.2 Å². The highest BCUT2D eigenvalue weighted by atomic mass is 19.4. The van der Waals surface area contributed by atoms with Gasteiger partial charge in [0.1, 0.15) is 12.4 Å². The van der Waals surface area contributed by atoms with Gasteiger partial charge in [-0.3, -0.25) is 0 Å². The van der Waals surface area contributed by atoms with Gasteiger partial charge in [-0.15, -0.1) is 0 Å². The second-order valence-corrected chi connectivity index (χ2v) is 3.82. The molecule has 1 N–H and O–H groups in total. The van der Waals surface area contributed by atoms with Crippen LogP contribution in [-0.2, 0) is 11.0 Å². The summed E-state index contributed by atoms with van der Waals surface area (Å²) in [7, 11) is 0. The van der Waals surface area contributed by atoms with Gasteiger partial charge < -0.3 is 9.84 Å². The van der Waals surface area contributed by atoms with E-state index in [1.54, 1.807) is 6.07 Å². The number of halogens is 3. The molecule has 0 aromatic heterocycles. The van der Waals surface area contributed by atoms with Gasteiger partial charge in [0.05, 0.1) is 17.2 Å². The Morgan fingerprint density at radius 2 is 2.15 bits per heavy atom. The van der Waals surface area contributed by atoms with Crippen LogP contribution in [0.1, 0.15) is 18.1 Å². The van der Waals surface area contributed by atoms with Crippen molar-refractivity contribution in [1.82, 2.24) is 0 Å². The van der Waals surface area contributed by atoms with Crippen LogP contribution in [0.3, 0.4) is 0 Å². The summed E-state index contributed by atoms with van der Waals surface area (Å²) in [5.41, 5.74) is -1.24. The Bertz CT molecular complexity index is 586. The van der Waals surface area contributed by atoms with Crippen LogP contribution >= 0.6 is 0 Å². The van der Waals surface area contributed by atoms with Crippen LogP contribution in [0.15, 0.2) is 29.8 Å². The van der Waals surface area contributed by atoms with Crippen molar-refractivity contribution in [3.8, 4) is 11.8 Å². The van der Waals surface area contributed by atoms with Crippen molar-refractivity contribution in [1.29, 1.82) is 5.26 Å². The van der Waals surface area contributed by atoms with E-state index in [0.29, 0.717) is 6.07 Å². The first-order valence-corrected chi connectivity index (χ1v) is 5.40. The molecule has 0 heterocycles. The Morgan fingerprint density at radius 3 is 2.65 bits per heavy atom. The number of carboxylic acids is 1. The molecule has 0 fully saturated rings. The molecular weight excluding hydrogens is 275 g/mol. The average Bonchev–Trinajstić information content (AvgIpc) is 2.37. The maximum absolute atomic E-state index is 12.8.